The normalized spacial score (nSPS) is 11.2. The van der Waals surface area contributed by atoms with Crippen molar-refractivity contribution in [2.75, 3.05) is 5.73 Å². The van der Waals surface area contributed by atoms with E-state index in [1.807, 2.05) is 0 Å². The summed E-state index contributed by atoms with van der Waals surface area (Å²) in [6.45, 7) is -2.92. The zero-order chi connectivity index (χ0) is 14.1. The Morgan fingerprint density at radius 1 is 1.15 bits per heavy atom. The van der Waals surface area contributed by atoms with Crippen LogP contribution in [0.15, 0.2) is 42.6 Å². The summed E-state index contributed by atoms with van der Waals surface area (Å²) < 4.78 is 30.9. The van der Waals surface area contributed by atoms with Gasteiger partial charge in [-0.3, -0.25) is 4.57 Å². The molecule has 3 rings (SSSR count). The Bertz CT molecular complexity index is 757. The minimum atomic E-state index is -2.92. The number of ether oxygens (including phenoxy) is 1. The standard InChI is InChI=1S/C13H10F2N4O/c14-12(15)20-10-6-2-1-5-9(10)19-11-8(18-13(19)16)4-3-7-17-11/h1-7,12H,(H2,16,18). The van der Waals surface area contributed by atoms with Crippen LogP contribution in [0.1, 0.15) is 0 Å². The van der Waals surface area contributed by atoms with Crippen molar-refractivity contribution in [3.63, 3.8) is 0 Å². The monoisotopic (exact) mass is 276 g/mol. The summed E-state index contributed by atoms with van der Waals surface area (Å²) in [6, 6.07) is 9.82. The Hall–Kier alpha value is -2.70. The number of benzene rings is 1. The number of nitrogen functional groups attached to an aromatic ring is 1. The predicted molar refractivity (Wildman–Crippen MR) is 69.9 cm³/mol. The molecule has 2 aromatic heterocycles. The van der Waals surface area contributed by atoms with Gasteiger partial charge in [-0.15, -0.1) is 0 Å². The molecule has 0 aliphatic heterocycles. The third-order valence-electron chi connectivity index (χ3n) is 2.76. The number of nitrogens with zero attached hydrogens (tertiary/aromatic N) is 3. The molecule has 0 aliphatic rings. The first kappa shape index (κ1) is 12.3. The summed E-state index contributed by atoms with van der Waals surface area (Å²) in [4.78, 5) is 8.32. The fraction of sp³-hybridized carbons (Fsp3) is 0.0769. The Morgan fingerprint density at radius 2 is 1.95 bits per heavy atom. The van der Waals surface area contributed by atoms with Crippen LogP contribution >= 0.6 is 0 Å². The van der Waals surface area contributed by atoms with Crippen LogP contribution in [0.5, 0.6) is 5.75 Å². The highest BCUT2D eigenvalue weighted by molar-refractivity contribution is 5.77. The average molecular weight is 276 g/mol. The maximum atomic E-state index is 12.5. The highest BCUT2D eigenvalue weighted by Gasteiger charge is 2.16. The maximum Gasteiger partial charge on any atom is 0.387 e. The van der Waals surface area contributed by atoms with E-state index in [-0.39, 0.29) is 11.7 Å². The lowest BCUT2D eigenvalue weighted by Gasteiger charge is -2.12. The van der Waals surface area contributed by atoms with Gasteiger partial charge in [-0.25, -0.2) is 9.97 Å². The van der Waals surface area contributed by atoms with Crippen LogP contribution in [0.25, 0.3) is 16.9 Å². The Morgan fingerprint density at radius 3 is 2.75 bits per heavy atom. The molecule has 0 aliphatic carbocycles. The van der Waals surface area contributed by atoms with E-state index in [0.717, 1.165) is 0 Å². The SMILES string of the molecule is Nc1nc2cccnc2n1-c1ccccc1OC(F)F. The second-order valence-electron chi connectivity index (χ2n) is 4.00. The van der Waals surface area contributed by atoms with Crippen LogP contribution in [0.2, 0.25) is 0 Å². The number of aromatic nitrogens is 3. The van der Waals surface area contributed by atoms with E-state index in [1.165, 1.54) is 10.6 Å². The summed E-state index contributed by atoms with van der Waals surface area (Å²) in [5.41, 5.74) is 7.28. The molecule has 0 fully saturated rings. The van der Waals surface area contributed by atoms with Gasteiger partial charge in [0.05, 0.1) is 5.69 Å². The highest BCUT2D eigenvalue weighted by Crippen LogP contribution is 2.29. The highest BCUT2D eigenvalue weighted by atomic mass is 19.3. The molecule has 7 heteroatoms. The van der Waals surface area contributed by atoms with Gasteiger partial charge in [0.1, 0.15) is 11.3 Å². The summed E-state index contributed by atoms with van der Waals surface area (Å²) in [5, 5.41) is 0. The molecule has 2 heterocycles. The first-order valence-electron chi connectivity index (χ1n) is 5.80. The molecule has 102 valence electrons. The van der Waals surface area contributed by atoms with E-state index in [0.29, 0.717) is 16.9 Å². The summed E-state index contributed by atoms with van der Waals surface area (Å²) in [5.74, 6) is 0.170. The van der Waals surface area contributed by atoms with Crippen LogP contribution in [0.4, 0.5) is 14.7 Å². The lowest BCUT2D eigenvalue weighted by molar-refractivity contribution is -0.0498. The fourth-order valence-corrected chi connectivity index (χ4v) is 2.00. The molecule has 0 amide bonds. The number of fused-ring (bicyclic) bond motifs is 1. The smallest absolute Gasteiger partial charge is 0.387 e. The van der Waals surface area contributed by atoms with Gasteiger partial charge in [0.2, 0.25) is 5.95 Å². The van der Waals surface area contributed by atoms with Crippen molar-refractivity contribution in [1.29, 1.82) is 0 Å². The number of nitrogens with two attached hydrogens (primary N) is 1. The van der Waals surface area contributed by atoms with Gasteiger partial charge in [0.15, 0.2) is 5.65 Å². The van der Waals surface area contributed by atoms with Crippen molar-refractivity contribution in [3.8, 4) is 11.4 Å². The lowest BCUT2D eigenvalue weighted by Crippen LogP contribution is -2.08. The molecular weight excluding hydrogens is 266 g/mol. The van der Waals surface area contributed by atoms with Crippen molar-refractivity contribution in [3.05, 3.63) is 42.6 Å². The van der Waals surface area contributed by atoms with Gasteiger partial charge in [-0.05, 0) is 24.3 Å². The number of halogens is 2. The quantitative estimate of drug-likeness (QED) is 0.798. The Kier molecular flexibility index (Phi) is 2.94. The number of anilines is 1. The van der Waals surface area contributed by atoms with Gasteiger partial charge in [-0.1, -0.05) is 12.1 Å². The first-order chi connectivity index (χ1) is 9.66. The van der Waals surface area contributed by atoms with E-state index < -0.39 is 6.61 Å². The molecule has 0 atom stereocenters. The molecule has 5 nitrogen and oxygen atoms in total. The van der Waals surface area contributed by atoms with Crippen LogP contribution in [-0.2, 0) is 0 Å². The molecule has 0 saturated heterocycles. The van der Waals surface area contributed by atoms with Gasteiger partial charge in [0, 0.05) is 6.20 Å². The van der Waals surface area contributed by atoms with Crippen molar-refractivity contribution in [2.24, 2.45) is 0 Å². The molecule has 0 spiro atoms. The van der Waals surface area contributed by atoms with E-state index in [2.05, 4.69) is 14.7 Å². The molecule has 0 bridgehead atoms. The maximum absolute atomic E-state index is 12.5. The number of rotatable bonds is 3. The third kappa shape index (κ3) is 2.03. The number of hydrogen-bond donors (Lipinski definition) is 1. The topological polar surface area (TPSA) is 66.0 Å². The number of para-hydroxylation sites is 2. The van der Waals surface area contributed by atoms with Gasteiger partial charge in [-0.2, -0.15) is 8.78 Å². The Labute approximate surface area is 112 Å². The molecule has 0 radical (unpaired) electrons. The summed E-state index contributed by atoms with van der Waals surface area (Å²) in [6.07, 6.45) is 1.58. The number of hydrogen-bond acceptors (Lipinski definition) is 4. The molecule has 20 heavy (non-hydrogen) atoms. The van der Waals surface area contributed by atoms with E-state index in [1.54, 1.807) is 36.5 Å². The predicted octanol–water partition coefficient (Wildman–Crippen LogP) is 2.60. The van der Waals surface area contributed by atoms with Crippen molar-refractivity contribution >= 4 is 17.1 Å². The first-order valence-corrected chi connectivity index (χ1v) is 5.80. The van der Waals surface area contributed by atoms with E-state index >= 15 is 0 Å². The van der Waals surface area contributed by atoms with E-state index in [9.17, 15) is 8.78 Å². The molecule has 0 unspecified atom stereocenters. The van der Waals surface area contributed by atoms with Crippen molar-refractivity contribution < 1.29 is 13.5 Å². The number of imidazole rings is 1. The largest absolute Gasteiger partial charge is 0.433 e. The molecular formula is C13H10F2N4O. The minimum absolute atomic E-state index is 0.0131. The fourth-order valence-electron chi connectivity index (χ4n) is 2.00. The van der Waals surface area contributed by atoms with Gasteiger partial charge in [0.25, 0.3) is 0 Å². The Balaban J connectivity index is 2.23. The zero-order valence-corrected chi connectivity index (χ0v) is 10.2. The number of alkyl halides is 2. The van der Waals surface area contributed by atoms with Gasteiger partial charge >= 0.3 is 6.61 Å². The molecule has 0 saturated carbocycles. The van der Waals surface area contributed by atoms with Crippen LogP contribution < -0.4 is 10.5 Å². The zero-order valence-electron chi connectivity index (χ0n) is 10.2. The molecule has 3 aromatic rings. The van der Waals surface area contributed by atoms with Crippen LogP contribution in [0, 0.1) is 0 Å². The lowest BCUT2D eigenvalue weighted by atomic mass is 10.3. The summed E-state index contributed by atoms with van der Waals surface area (Å²) in [7, 11) is 0. The van der Waals surface area contributed by atoms with E-state index in [4.69, 9.17) is 5.73 Å². The third-order valence-corrected chi connectivity index (χ3v) is 2.76. The van der Waals surface area contributed by atoms with Gasteiger partial charge < -0.3 is 10.5 Å². The van der Waals surface area contributed by atoms with Crippen LogP contribution in [0.3, 0.4) is 0 Å². The number of pyridine rings is 1. The van der Waals surface area contributed by atoms with Crippen molar-refractivity contribution in [2.45, 2.75) is 6.61 Å². The van der Waals surface area contributed by atoms with Crippen LogP contribution in [-0.4, -0.2) is 21.1 Å². The second-order valence-corrected chi connectivity index (χ2v) is 4.00. The molecule has 2 N–H and O–H groups in total. The minimum Gasteiger partial charge on any atom is -0.433 e. The second kappa shape index (κ2) is 4.76. The average Bonchev–Trinajstić information content (AvgIpc) is 2.75. The summed E-state index contributed by atoms with van der Waals surface area (Å²) >= 11 is 0. The molecule has 1 aromatic carbocycles. The van der Waals surface area contributed by atoms with Crippen molar-refractivity contribution in [1.82, 2.24) is 14.5 Å².